The molecule has 3 aromatic rings. The van der Waals surface area contributed by atoms with Gasteiger partial charge in [0.25, 0.3) is 0 Å². The van der Waals surface area contributed by atoms with Gasteiger partial charge in [0.1, 0.15) is 18.2 Å². The first-order valence-electron chi connectivity index (χ1n) is 6.42. The third-order valence-electron chi connectivity index (χ3n) is 3.16. The molecule has 0 atom stereocenters. The predicted octanol–water partition coefficient (Wildman–Crippen LogP) is 3.56. The molecule has 0 saturated heterocycles. The number of carbonyl (C=O) groups is 1. The number of rotatable bonds is 3. The molecule has 2 aromatic carbocycles. The number of amides is 1. The van der Waals surface area contributed by atoms with Crippen LogP contribution in [-0.2, 0) is 11.3 Å². The number of benzene rings is 2. The van der Waals surface area contributed by atoms with E-state index in [9.17, 15) is 13.6 Å². The number of halogens is 2. The van der Waals surface area contributed by atoms with Crippen molar-refractivity contribution in [3.05, 3.63) is 66.4 Å². The summed E-state index contributed by atoms with van der Waals surface area (Å²) in [5.41, 5.74) is 1.17. The van der Waals surface area contributed by atoms with Crippen molar-refractivity contribution in [1.29, 1.82) is 0 Å². The van der Waals surface area contributed by atoms with Crippen LogP contribution in [-0.4, -0.2) is 10.5 Å². The lowest BCUT2D eigenvalue weighted by Crippen LogP contribution is -2.18. The molecule has 1 N–H and O–H groups in total. The molecule has 0 aliphatic rings. The molecule has 3 rings (SSSR count). The summed E-state index contributed by atoms with van der Waals surface area (Å²) < 4.78 is 27.9. The van der Waals surface area contributed by atoms with Crippen LogP contribution in [0.1, 0.15) is 0 Å². The zero-order chi connectivity index (χ0) is 14.8. The molecule has 0 aliphatic carbocycles. The van der Waals surface area contributed by atoms with Gasteiger partial charge < -0.3 is 9.88 Å². The summed E-state index contributed by atoms with van der Waals surface area (Å²) in [6.07, 6.45) is 1.72. The lowest BCUT2D eigenvalue weighted by molar-refractivity contribution is -0.116. The Balaban J connectivity index is 1.77. The third-order valence-corrected chi connectivity index (χ3v) is 3.16. The molecule has 1 heterocycles. The maximum atomic E-state index is 13.1. The Bertz CT molecular complexity index is 811. The zero-order valence-electron chi connectivity index (χ0n) is 11.0. The van der Waals surface area contributed by atoms with E-state index >= 15 is 0 Å². The van der Waals surface area contributed by atoms with Crippen molar-refractivity contribution in [3.63, 3.8) is 0 Å². The number of fused-ring (bicyclic) bond motifs is 1. The van der Waals surface area contributed by atoms with E-state index in [-0.39, 0.29) is 18.3 Å². The Hall–Kier alpha value is -2.69. The van der Waals surface area contributed by atoms with E-state index in [1.807, 2.05) is 0 Å². The molecule has 1 amide bonds. The fourth-order valence-corrected chi connectivity index (χ4v) is 2.23. The smallest absolute Gasteiger partial charge is 0.244 e. The van der Waals surface area contributed by atoms with Gasteiger partial charge in [-0.2, -0.15) is 0 Å². The molecule has 0 saturated carbocycles. The largest absolute Gasteiger partial charge is 0.338 e. The van der Waals surface area contributed by atoms with E-state index in [4.69, 9.17) is 0 Å². The molecular formula is C16H12F2N2O. The lowest BCUT2D eigenvalue weighted by Gasteiger charge is -2.07. The normalized spacial score (nSPS) is 10.8. The van der Waals surface area contributed by atoms with Crippen molar-refractivity contribution in [1.82, 2.24) is 4.57 Å². The van der Waals surface area contributed by atoms with Crippen LogP contribution in [0.25, 0.3) is 10.9 Å². The molecule has 0 aliphatic heterocycles. The average molecular weight is 286 g/mol. The zero-order valence-corrected chi connectivity index (χ0v) is 11.0. The summed E-state index contributed by atoms with van der Waals surface area (Å²) >= 11 is 0. The highest BCUT2D eigenvalue weighted by Gasteiger charge is 2.07. The first-order chi connectivity index (χ1) is 10.1. The number of hydrogen-bond donors (Lipinski definition) is 1. The second-order valence-corrected chi connectivity index (χ2v) is 4.71. The fraction of sp³-hybridized carbons (Fsp3) is 0.0625. The van der Waals surface area contributed by atoms with Gasteiger partial charge in [-0.05, 0) is 42.5 Å². The van der Waals surface area contributed by atoms with Crippen molar-refractivity contribution in [2.75, 3.05) is 5.32 Å². The minimum Gasteiger partial charge on any atom is -0.338 e. The van der Waals surface area contributed by atoms with E-state index in [0.29, 0.717) is 5.69 Å². The van der Waals surface area contributed by atoms with Gasteiger partial charge in [-0.1, -0.05) is 6.07 Å². The van der Waals surface area contributed by atoms with Gasteiger partial charge in [-0.15, -0.1) is 0 Å². The van der Waals surface area contributed by atoms with E-state index in [1.54, 1.807) is 29.0 Å². The van der Waals surface area contributed by atoms with Crippen molar-refractivity contribution < 1.29 is 13.6 Å². The van der Waals surface area contributed by atoms with Gasteiger partial charge in [0, 0.05) is 22.8 Å². The van der Waals surface area contributed by atoms with Gasteiger partial charge in [0.2, 0.25) is 5.91 Å². The third kappa shape index (κ3) is 2.91. The van der Waals surface area contributed by atoms with E-state index in [1.165, 1.54) is 30.3 Å². The Morgan fingerprint density at radius 1 is 1.05 bits per heavy atom. The number of nitrogens with zero attached hydrogens (tertiary/aromatic N) is 1. The van der Waals surface area contributed by atoms with E-state index in [2.05, 4.69) is 5.32 Å². The molecule has 0 radical (unpaired) electrons. The van der Waals surface area contributed by atoms with Crippen LogP contribution in [0.15, 0.2) is 54.7 Å². The highest BCUT2D eigenvalue weighted by Crippen LogP contribution is 2.17. The number of hydrogen-bond acceptors (Lipinski definition) is 1. The van der Waals surface area contributed by atoms with Gasteiger partial charge in [-0.25, -0.2) is 8.78 Å². The summed E-state index contributed by atoms with van der Waals surface area (Å²) in [4.78, 5) is 12.0. The SMILES string of the molecule is O=C(Cn1ccc2cc(F)ccc21)Nc1cccc(F)c1. The maximum absolute atomic E-state index is 13.1. The highest BCUT2D eigenvalue weighted by atomic mass is 19.1. The quantitative estimate of drug-likeness (QED) is 0.785. The standard InChI is InChI=1S/C16H12F2N2O/c17-12-2-1-3-14(9-12)19-16(21)10-20-7-6-11-8-13(18)4-5-15(11)20/h1-9H,10H2,(H,19,21). The molecule has 21 heavy (non-hydrogen) atoms. The van der Waals surface area contributed by atoms with Gasteiger partial charge in [-0.3, -0.25) is 4.79 Å². The van der Waals surface area contributed by atoms with Gasteiger partial charge >= 0.3 is 0 Å². The molecule has 3 nitrogen and oxygen atoms in total. The van der Waals surface area contributed by atoms with Crippen molar-refractivity contribution in [2.45, 2.75) is 6.54 Å². The number of carbonyl (C=O) groups excluding carboxylic acids is 1. The van der Waals surface area contributed by atoms with Crippen molar-refractivity contribution >= 4 is 22.5 Å². The summed E-state index contributed by atoms with van der Waals surface area (Å²) in [6, 6.07) is 11.8. The number of anilines is 1. The van der Waals surface area contributed by atoms with E-state index < -0.39 is 5.82 Å². The predicted molar refractivity (Wildman–Crippen MR) is 76.9 cm³/mol. The molecular weight excluding hydrogens is 274 g/mol. The van der Waals surface area contributed by atoms with Gasteiger partial charge in [0.15, 0.2) is 0 Å². The Labute approximate surface area is 119 Å². The van der Waals surface area contributed by atoms with Gasteiger partial charge in [0.05, 0.1) is 0 Å². The summed E-state index contributed by atoms with van der Waals surface area (Å²) in [6.45, 7) is 0.0750. The first kappa shape index (κ1) is 13.3. The molecule has 0 bridgehead atoms. The molecule has 0 fully saturated rings. The molecule has 5 heteroatoms. The second kappa shape index (κ2) is 5.36. The monoisotopic (exact) mass is 286 g/mol. The summed E-state index contributed by atoms with van der Waals surface area (Å²) in [7, 11) is 0. The first-order valence-corrected chi connectivity index (χ1v) is 6.42. The van der Waals surface area contributed by atoms with Crippen LogP contribution in [0.5, 0.6) is 0 Å². The maximum Gasteiger partial charge on any atom is 0.244 e. The number of nitrogens with one attached hydrogen (secondary N) is 1. The van der Waals surface area contributed by atoms with Crippen LogP contribution in [0.3, 0.4) is 0 Å². The number of aromatic nitrogens is 1. The minimum atomic E-state index is -0.408. The Kier molecular flexibility index (Phi) is 3.39. The lowest BCUT2D eigenvalue weighted by atomic mass is 10.2. The summed E-state index contributed by atoms with van der Waals surface area (Å²) in [5, 5.41) is 3.35. The van der Waals surface area contributed by atoms with Crippen LogP contribution in [0, 0.1) is 11.6 Å². The van der Waals surface area contributed by atoms with Crippen LogP contribution < -0.4 is 5.32 Å². The molecule has 1 aromatic heterocycles. The molecule has 0 unspecified atom stereocenters. The second-order valence-electron chi connectivity index (χ2n) is 4.71. The topological polar surface area (TPSA) is 34.0 Å². The Morgan fingerprint density at radius 2 is 1.86 bits per heavy atom. The molecule has 0 spiro atoms. The van der Waals surface area contributed by atoms with Crippen molar-refractivity contribution in [3.8, 4) is 0 Å². The van der Waals surface area contributed by atoms with Crippen LogP contribution in [0.4, 0.5) is 14.5 Å². The van der Waals surface area contributed by atoms with Crippen molar-refractivity contribution in [2.24, 2.45) is 0 Å². The fourth-order valence-electron chi connectivity index (χ4n) is 2.23. The average Bonchev–Trinajstić information content (AvgIpc) is 2.81. The summed E-state index contributed by atoms with van der Waals surface area (Å²) in [5.74, 6) is -0.999. The molecule has 106 valence electrons. The Morgan fingerprint density at radius 3 is 2.67 bits per heavy atom. The van der Waals surface area contributed by atoms with Crippen LogP contribution >= 0.6 is 0 Å². The minimum absolute atomic E-state index is 0.0750. The van der Waals surface area contributed by atoms with Crippen LogP contribution in [0.2, 0.25) is 0 Å². The van der Waals surface area contributed by atoms with E-state index in [0.717, 1.165) is 10.9 Å². The highest BCUT2D eigenvalue weighted by molar-refractivity contribution is 5.92.